The summed E-state index contributed by atoms with van der Waals surface area (Å²) < 4.78 is 5.64. The number of aryl methyl sites for hydroxylation is 1. The molecule has 3 rings (SSSR count). The van der Waals surface area contributed by atoms with Crippen LogP contribution in [-0.4, -0.2) is 63.4 Å². The Morgan fingerprint density at radius 1 is 1.10 bits per heavy atom. The van der Waals surface area contributed by atoms with Crippen molar-refractivity contribution in [2.24, 2.45) is 0 Å². The van der Waals surface area contributed by atoms with Gasteiger partial charge < -0.3 is 9.52 Å². The van der Waals surface area contributed by atoms with Crippen molar-refractivity contribution < 1.29 is 9.52 Å². The zero-order valence-corrected chi connectivity index (χ0v) is 12.9. The monoisotopic (exact) mass is 294 g/mol. The van der Waals surface area contributed by atoms with Gasteiger partial charge in [0.25, 0.3) is 0 Å². The molecule has 2 unspecified atom stereocenters. The highest BCUT2D eigenvalue weighted by molar-refractivity contribution is 4.90. The van der Waals surface area contributed by atoms with Gasteiger partial charge in [0.05, 0.1) is 13.2 Å². The Hall–Kier alpha value is -0.980. The van der Waals surface area contributed by atoms with Crippen LogP contribution < -0.4 is 0 Å². The molecule has 2 saturated heterocycles. The summed E-state index contributed by atoms with van der Waals surface area (Å²) in [7, 11) is 0. The van der Waals surface area contributed by atoms with E-state index in [9.17, 15) is 5.11 Å². The summed E-state index contributed by atoms with van der Waals surface area (Å²) in [5, 5.41) is 17.6. The fourth-order valence-corrected chi connectivity index (χ4v) is 3.59. The van der Waals surface area contributed by atoms with Crippen LogP contribution >= 0.6 is 0 Å². The zero-order valence-electron chi connectivity index (χ0n) is 12.9. The second-order valence-electron chi connectivity index (χ2n) is 6.18. The minimum Gasteiger partial charge on any atom is -0.424 e. The van der Waals surface area contributed by atoms with E-state index >= 15 is 0 Å². The van der Waals surface area contributed by atoms with Gasteiger partial charge in [0.1, 0.15) is 0 Å². The van der Waals surface area contributed by atoms with Crippen LogP contribution in [0.15, 0.2) is 4.42 Å². The third-order valence-corrected chi connectivity index (χ3v) is 4.80. The predicted molar refractivity (Wildman–Crippen MR) is 78.8 cm³/mol. The van der Waals surface area contributed by atoms with Crippen molar-refractivity contribution in [3.63, 3.8) is 0 Å². The molecule has 6 nitrogen and oxygen atoms in total. The molecule has 0 radical (unpaired) electrons. The van der Waals surface area contributed by atoms with E-state index in [-0.39, 0.29) is 6.61 Å². The van der Waals surface area contributed by atoms with Crippen molar-refractivity contribution in [1.82, 2.24) is 20.0 Å². The summed E-state index contributed by atoms with van der Waals surface area (Å²) >= 11 is 0. The molecule has 2 fully saturated rings. The lowest BCUT2D eigenvalue weighted by atomic mass is 10.2. The normalized spacial score (nSPS) is 27.7. The lowest BCUT2D eigenvalue weighted by Crippen LogP contribution is -2.43. The number of rotatable bonds is 6. The quantitative estimate of drug-likeness (QED) is 0.846. The maximum atomic E-state index is 9.45. The number of likely N-dealkylation sites (tertiary alicyclic amines) is 2. The van der Waals surface area contributed by atoms with Crippen molar-refractivity contribution >= 4 is 0 Å². The molecular weight excluding hydrogens is 268 g/mol. The second-order valence-corrected chi connectivity index (χ2v) is 6.18. The summed E-state index contributed by atoms with van der Waals surface area (Å²) in [6, 6.07) is 0.914. The average molecular weight is 294 g/mol. The number of hydrogen-bond acceptors (Lipinski definition) is 6. The first-order valence-electron chi connectivity index (χ1n) is 8.20. The van der Waals surface area contributed by atoms with Crippen molar-refractivity contribution in [2.45, 2.75) is 57.7 Å². The van der Waals surface area contributed by atoms with Gasteiger partial charge in [0, 0.05) is 25.0 Å². The van der Waals surface area contributed by atoms with Crippen LogP contribution in [0, 0.1) is 0 Å². The molecule has 0 amide bonds. The lowest BCUT2D eigenvalue weighted by molar-refractivity contribution is 0.116. The highest BCUT2D eigenvalue weighted by Crippen LogP contribution is 2.24. The van der Waals surface area contributed by atoms with Crippen LogP contribution in [0.2, 0.25) is 0 Å². The smallest absolute Gasteiger partial charge is 0.230 e. The van der Waals surface area contributed by atoms with E-state index in [0.29, 0.717) is 12.1 Å². The maximum absolute atomic E-state index is 9.45. The number of aliphatic hydroxyl groups excluding tert-OH is 1. The van der Waals surface area contributed by atoms with Gasteiger partial charge in [-0.25, -0.2) is 0 Å². The number of aliphatic hydroxyl groups is 1. The van der Waals surface area contributed by atoms with E-state index in [0.717, 1.165) is 50.8 Å². The summed E-state index contributed by atoms with van der Waals surface area (Å²) in [6.07, 6.45) is 5.59. The van der Waals surface area contributed by atoms with Crippen LogP contribution in [0.25, 0.3) is 0 Å². The molecule has 118 valence electrons. The molecule has 1 N–H and O–H groups in total. The van der Waals surface area contributed by atoms with E-state index in [1.165, 1.54) is 19.3 Å². The van der Waals surface area contributed by atoms with Gasteiger partial charge in [-0.3, -0.25) is 9.80 Å². The Bertz CT molecular complexity index is 451. The predicted octanol–water partition coefficient (Wildman–Crippen LogP) is 1.05. The SMILES string of the molecule is CCc1nnc(CN2CCCC2CN2CCCC2CO)o1. The van der Waals surface area contributed by atoms with Gasteiger partial charge in [-0.1, -0.05) is 6.92 Å². The van der Waals surface area contributed by atoms with Crippen LogP contribution in [0.3, 0.4) is 0 Å². The molecule has 2 atom stereocenters. The molecule has 2 aliphatic heterocycles. The third-order valence-electron chi connectivity index (χ3n) is 4.80. The topological polar surface area (TPSA) is 65.6 Å². The van der Waals surface area contributed by atoms with Gasteiger partial charge in [-0.2, -0.15) is 0 Å². The molecule has 1 aromatic heterocycles. The fourth-order valence-electron chi connectivity index (χ4n) is 3.59. The summed E-state index contributed by atoms with van der Waals surface area (Å²) in [5.74, 6) is 1.46. The van der Waals surface area contributed by atoms with Gasteiger partial charge in [-0.05, 0) is 38.8 Å². The number of nitrogens with zero attached hydrogens (tertiary/aromatic N) is 4. The van der Waals surface area contributed by atoms with E-state index < -0.39 is 0 Å². The van der Waals surface area contributed by atoms with Crippen molar-refractivity contribution in [1.29, 1.82) is 0 Å². The number of hydrogen-bond donors (Lipinski definition) is 1. The highest BCUT2D eigenvalue weighted by Gasteiger charge is 2.31. The largest absolute Gasteiger partial charge is 0.424 e. The molecule has 0 aliphatic carbocycles. The number of aromatic nitrogens is 2. The second kappa shape index (κ2) is 6.85. The summed E-state index contributed by atoms with van der Waals surface area (Å²) in [5.41, 5.74) is 0. The van der Waals surface area contributed by atoms with Crippen molar-refractivity contribution in [3.05, 3.63) is 11.8 Å². The molecule has 3 heterocycles. The van der Waals surface area contributed by atoms with Crippen LogP contribution in [0.1, 0.15) is 44.4 Å². The van der Waals surface area contributed by atoms with Gasteiger partial charge in [0.2, 0.25) is 11.8 Å². The Morgan fingerprint density at radius 3 is 2.52 bits per heavy atom. The summed E-state index contributed by atoms with van der Waals surface area (Å²) in [4.78, 5) is 4.91. The van der Waals surface area contributed by atoms with E-state index in [4.69, 9.17) is 4.42 Å². The zero-order chi connectivity index (χ0) is 14.7. The maximum Gasteiger partial charge on any atom is 0.230 e. The van der Waals surface area contributed by atoms with E-state index in [1.807, 2.05) is 6.92 Å². The first-order chi connectivity index (χ1) is 10.3. The molecule has 0 aromatic carbocycles. The molecule has 2 aliphatic rings. The van der Waals surface area contributed by atoms with Crippen LogP contribution in [0.4, 0.5) is 0 Å². The molecule has 0 saturated carbocycles. The minimum absolute atomic E-state index is 0.288. The Morgan fingerprint density at radius 2 is 1.81 bits per heavy atom. The Kier molecular flexibility index (Phi) is 4.87. The fraction of sp³-hybridized carbons (Fsp3) is 0.867. The van der Waals surface area contributed by atoms with Gasteiger partial charge >= 0.3 is 0 Å². The third kappa shape index (κ3) is 3.44. The van der Waals surface area contributed by atoms with Crippen molar-refractivity contribution in [3.8, 4) is 0 Å². The standard InChI is InChI=1S/C15H26N4O2/c1-2-14-16-17-15(21-14)10-19-8-3-5-12(19)9-18-7-4-6-13(18)11-20/h12-13,20H,2-11H2,1H3. The average Bonchev–Trinajstić information content (AvgIpc) is 3.22. The van der Waals surface area contributed by atoms with Crippen molar-refractivity contribution in [2.75, 3.05) is 26.2 Å². The minimum atomic E-state index is 0.288. The van der Waals surface area contributed by atoms with E-state index in [2.05, 4.69) is 20.0 Å². The lowest BCUT2D eigenvalue weighted by Gasteiger charge is -2.30. The van der Waals surface area contributed by atoms with E-state index in [1.54, 1.807) is 0 Å². The Labute approximate surface area is 126 Å². The first kappa shape index (κ1) is 14.9. The Balaban J connectivity index is 1.57. The van der Waals surface area contributed by atoms with Gasteiger partial charge in [0.15, 0.2) is 0 Å². The highest BCUT2D eigenvalue weighted by atomic mass is 16.4. The van der Waals surface area contributed by atoms with Gasteiger partial charge in [-0.15, -0.1) is 10.2 Å². The summed E-state index contributed by atoms with van der Waals surface area (Å²) in [6.45, 7) is 6.35. The molecule has 6 heteroatoms. The molecule has 21 heavy (non-hydrogen) atoms. The van der Waals surface area contributed by atoms with Crippen LogP contribution in [0.5, 0.6) is 0 Å². The van der Waals surface area contributed by atoms with Crippen LogP contribution in [-0.2, 0) is 13.0 Å². The molecular formula is C15H26N4O2. The molecule has 1 aromatic rings. The molecule has 0 bridgehead atoms. The molecule has 0 spiro atoms. The first-order valence-corrected chi connectivity index (χ1v) is 8.20.